The summed E-state index contributed by atoms with van der Waals surface area (Å²) in [6, 6.07) is 0. The Hall–Kier alpha value is -1.29. The normalized spacial score (nSPS) is 7.77. The molecule has 0 aliphatic heterocycles. The molecule has 0 radical (unpaired) electrons. The molecule has 0 aliphatic rings. The fourth-order valence-corrected chi connectivity index (χ4v) is 0.381. The van der Waals surface area contributed by atoms with Crippen LogP contribution in [0, 0.1) is 0 Å². The maximum atomic E-state index is 9.25. The van der Waals surface area contributed by atoms with Gasteiger partial charge in [0.15, 0.2) is 0 Å². The zero-order valence-electron chi connectivity index (χ0n) is 7.61. The Morgan fingerprint density at radius 3 is 2.23 bits per heavy atom. The molecule has 2 N–H and O–H groups in total. The predicted octanol–water partition coefficient (Wildman–Crippen LogP) is 1.18. The van der Waals surface area contributed by atoms with Crippen molar-refractivity contribution in [3.05, 3.63) is 25.5 Å². The smallest absolute Gasteiger partial charge is 0.327 e. The second-order valence-corrected chi connectivity index (χ2v) is 2.01. The number of carboxylic acids is 1. The van der Waals surface area contributed by atoms with E-state index in [0.29, 0.717) is 6.61 Å². The molecule has 0 saturated heterocycles. The first-order valence-corrected chi connectivity index (χ1v) is 3.87. The number of carbonyl (C=O) groups is 1. The number of ether oxygens (including phenoxy) is 1. The van der Waals surface area contributed by atoms with Crippen LogP contribution >= 0.6 is 0 Å². The van der Waals surface area contributed by atoms with Crippen molar-refractivity contribution in [3.63, 3.8) is 0 Å². The molecule has 0 rings (SSSR count). The van der Waals surface area contributed by atoms with Crippen molar-refractivity contribution in [1.29, 1.82) is 0 Å². The van der Waals surface area contributed by atoms with Crippen molar-refractivity contribution in [2.75, 3.05) is 13.2 Å². The summed E-state index contributed by atoms with van der Waals surface area (Å²) < 4.78 is 4.79. The highest BCUT2D eigenvalue weighted by molar-refractivity contribution is 5.78. The minimum Gasteiger partial charge on any atom is -0.502 e. The number of aliphatic carboxylic acids is 1. The molecule has 0 aromatic carbocycles. The van der Waals surface area contributed by atoms with Gasteiger partial charge in [0.05, 0.1) is 12.9 Å². The van der Waals surface area contributed by atoms with E-state index in [1.807, 2.05) is 0 Å². The number of aliphatic hydroxyl groups excluding tert-OH is 1. The molecule has 0 unspecified atom stereocenters. The number of rotatable bonds is 6. The van der Waals surface area contributed by atoms with Gasteiger partial charge in [-0.05, 0) is 12.8 Å². The maximum Gasteiger partial charge on any atom is 0.327 e. The third kappa shape index (κ3) is 24.9. The predicted molar refractivity (Wildman–Crippen MR) is 50.3 cm³/mol. The highest BCUT2D eigenvalue weighted by Gasteiger charge is 1.82. The number of unbranched alkanes of at least 4 members (excludes halogenated alkanes) is 1. The molecule has 0 spiro atoms. The van der Waals surface area contributed by atoms with Gasteiger partial charge in [0.25, 0.3) is 0 Å². The SMILES string of the molecule is C=CC(=O)O.C=COCCCCO. The molecule has 0 heterocycles. The monoisotopic (exact) mass is 188 g/mol. The van der Waals surface area contributed by atoms with Crippen molar-refractivity contribution in [2.24, 2.45) is 0 Å². The number of carboxylic acid groups (broad SMARTS) is 1. The Labute approximate surface area is 78.1 Å². The van der Waals surface area contributed by atoms with Crippen LogP contribution < -0.4 is 0 Å². The van der Waals surface area contributed by atoms with E-state index in [1.54, 1.807) is 0 Å². The summed E-state index contributed by atoms with van der Waals surface area (Å²) in [5, 5.41) is 15.9. The van der Waals surface area contributed by atoms with E-state index in [2.05, 4.69) is 13.2 Å². The van der Waals surface area contributed by atoms with Gasteiger partial charge in [-0.25, -0.2) is 4.79 Å². The summed E-state index contributed by atoms with van der Waals surface area (Å²) in [4.78, 5) is 9.25. The van der Waals surface area contributed by atoms with Crippen LogP contribution in [0.4, 0.5) is 0 Å². The Kier molecular flexibility index (Phi) is 14.6. The van der Waals surface area contributed by atoms with Gasteiger partial charge in [0.1, 0.15) is 0 Å². The largest absolute Gasteiger partial charge is 0.502 e. The van der Waals surface area contributed by atoms with Crippen molar-refractivity contribution in [3.8, 4) is 0 Å². The van der Waals surface area contributed by atoms with E-state index in [0.717, 1.165) is 18.9 Å². The number of aliphatic hydroxyl groups is 1. The van der Waals surface area contributed by atoms with Gasteiger partial charge in [0, 0.05) is 12.7 Å². The van der Waals surface area contributed by atoms with E-state index in [-0.39, 0.29) is 6.61 Å². The number of hydrogen-bond acceptors (Lipinski definition) is 3. The first kappa shape index (κ1) is 14.2. The first-order chi connectivity index (χ1) is 6.18. The summed E-state index contributed by atoms with van der Waals surface area (Å²) >= 11 is 0. The first-order valence-electron chi connectivity index (χ1n) is 3.87. The topological polar surface area (TPSA) is 66.8 Å². The molecule has 0 aliphatic carbocycles. The molecule has 76 valence electrons. The van der Waals surface area contributed by atoms with Gasteiger partial charge < -0.3 is 14.9 Å². The lowest BCUT2D eigenvalue weighted by Crippen LogP contribution is -1.89. The summed E-state index contributed by atoms with van der Waals surface area (Å²) in [6.07, 6.45) is 3.97. The molecule has 0 atom stereocenters. The molecule has 0 saturated carbocycles. The highest BCUT2D eigenvalue weighted by atomic mass is 16.5. The Morgan fingerprint density at radius 2 is 1.92 bits per heavy atom. The molecular formula is C9H16O4. The zero-order chi connectivity index (χ0) is 10.5. The van der Waals surface area contributed by atoms with E-state index < -0.39 is 5.97 Å². The fourth-order valence-electron chi connectivity index (χ4n) is 0.381. The third-order valence-corrected chi connectivity index (χ3v) is 0.963. The maximum absolute atomic E-state index is 9.25. The highest BCUT2D eigenvalue weighted by Crippen LogP contribution is 1.87. The molecular weight excluding hydrogens is 172 g/mol. The van der Waals surface area contributed by atoms with Gasteiger partial charge in [0.2, 0.25) is 0 Å². The second kappa shape index (κ2) is 13.3. The minimum atomic E-state index is -0.981. The van der Waals surface area contributed by atoms with Crippen LogP contribution in [0.2, 0.25) is 0 Å². The Morgan fingerprint density at radius 1 is 1.38 bits per heavy atom. The summed E-state index contributed by atoms with van der Waals surface area (Å²) in [5.74, 6) is -0.981. The van der Waals surface area contributed by atoms with Gasteiger partial charge >= 0.3 is 5.97 Å². The van der Waals surface area contributed by atoms with Crippen LogP contribution in [0.1, 0.15) is 12.8 Å². The molecule has 13 heavy (non-hydrogen) atoms. The molecule has 0 aromatic rings. The molecule has 0 bridgehead atoms. The molecule has 4 heteroatoms. The lowest BCUT2D eigenvalue weighted by Gasteiger charge is -1.95. The van der Waals surface area contributed by atoms with E-state index in [4.69, 9.17) is 14.9 Å². The van der Waals surface area contributed by atoms with Crippen LogP contribution in [-0.4, -0.2) is 29.4 Å². The average molecular weight is 188 g/mol. The second-order valence-electron chi connectivity index (χ2n) is 2.01. The van der Waals surface area contributed by atoms with Crippen LogP contribution in [0.3, 0.4) is 0 Å². The van der Waals surface area contributed by atoms with Crippen molar-refractivity contribution < 1.29 is 19.7 Å². The summed E-state index contributed by atoms with van der Waals surface area (Å²) in [5.41, 5.74) is 0. The van der Waals surface area contributed by atoms with E-state index in [1.165, 1.54) is 6.26 Å². The van der Waals surface area contributed by atoms with Crippen molar-refractivity contribution in [2.45, 2.75) is 12.8 Å². The van der Waals surface area contributed by atoms with Crippen LogP contribution in [-0.2, 0) is 9.53 Å². The van der Waals surface area contributed by atoms with Crippen molar-refractivity contribution in [1.82, 2.24) is 0 Å². The summed E-state index contributed by atoms with van der Waals surface area (Å²) in [7, 11) is 0. The summed E-state index contributed by atoms with van der Waals surface area (Å²) in [6.45, 7) is 7.26. The Balaban J connectivity index is 0. The average Bonchev–Trinajstić information content (AvgIpc) is 2.14. The van der Waals surface area contributed by atoms with E-state index >= 15 is 0 Å². The molecule has 0 aromatic heterocycles. The van der Waals surface area contributed by atoms with Gasteiger partial charge in [-0.2, -0.15) is 0 Å². The zero-order valence-corrected chi connectivity index (χ0v) is 7.61. The lowest BCUT2D eigenvalue weighted by molar-refractivity contribution is -0.131. The fraction of sp³-hybridized carbons (Fsp3) is 0.444. The number of hydrogen-bond donors (Lipinski definition) is 2. The van der Waals surface area contributed by atoms with Crippen LogP contribution in [0.5, 0.6) is 0 Å². The molecule has 4 nitrogen and oxygen atoms in total. The van der Waals surface area contributed by atoms with E-state index in [9.17, 15) is 4.79 Å². The van der Waals surface area contributed by atoms with Gasteiger partial charge in [-0.1, -0.05) is 13.2 Å². The molecule has 0 amide bonds. The molecule has 0 fully saturated rings. The van der Waals surface area contributed by atoms with Crippen molar-refractivity contribution >= 4 is 5.97 Å². The Bertz CT molecular complexity index is 143. The standard InChI is InChI=1S/C6H12O2.C3H4O2/c1-2-8-6-4-3-5-7;1-2-3(4)5/h2,7H,1,3-6H2;2H,1H2,(H,4,5). The lowest BCUT2D eigenvalue weighted by atomic mass is 10.3. The minimum absolute atomic E-state index is 0.250. The van der Waals surface area contributed by atoms with Gasteiger partial charge in [-0.15, -0.1) is 0 Å². The third-order valence-electron chi connectivity index (χ3n) is 0.963. The van der Waals surface area contributed by atoms with Gasteiger partial charge in [-0.3, -0.25) is 0 Å². The van der Waals surface area contributed by atoms with Crippen LogP contribution in [0.15, 0.2) is 25.5 Å². The quantitative estimate of drug-likeness (QED) is 0.373. The van der Waals surface area contributed by atoms with Crippen LogP contribution in [0.25, 0.3) is 0 Å².